The summed E-state index contributed by atoms with van der Waals surface area (Å²) in [6, 6.07) is 2.76. The molecule has 0 saturated carbocycles. The molecule has 104 valence electrons. The fourth-order valence-electron chi connectivity index (χ4n) is 3.00. The van der Waals surface area contributed by atoms with Gasteiger partial charge >= 0.3 is 0 Å². The first-order chi connectivity index (χ1) is 9.35. The van der Waals surface area contributed by atoms with Gasteiger partial charge in [0.2, 0.25) is 0 Å². The van der Waals surface area contributed by atoms with E-state index >= 15 is 0 Å². The van der Waals surface area contributed by atoms with Gasteiger partial charge in [-0.05, 0) is 49.8 Å². The van der Waals surface area contributed by atoms with Crippen LogP contribution in [0.1, 0.15) is 62.6 Å². The summed E-state index contributed by atoms with van der Waals surface area (Å²) in [4.78, 5) is 0. The topological polar surface area (TPSA) is 40.8 Å². The summed E-state index contributed by atoms with van der Waals surface area (Å²) >= 11 is 0. The Balaban J connectivity index is 2.01. The van der Waals surface area contributed by atoms with Gasteiger partial charge in [-0.15, -0.1) is 0 Å². The Kier molecular flexibility index (Phi) is 5.47. The maximum atomic E-state index is 8.56. The fraction of sp³-hybridized carbons (Fsp3) is 0.688. The van der Waals surface area contributed by atoms with Gasteiger partial charge in [0, 0.05) is 31.4 Å². The highest BCUT2D eigenvalue weighted by molar-refractivity contribution is 5.29. The van der Waals surface area contributed by atoms with E-state index in [0.29, 0.717) is 12.5 Å². The van der Waals surface area contributed by atoms with Crippen molar-refractivity contribution in [1.29, 1.82) is 5.26 Å². The van der Waals surface area contributed by atoms with E-state index in [-0.39, 0.29) is 0 Å². The van der Waals surface area contributed by atoms with Crippen LogP contribution in [-0.2, 0) is 13.0 Å². The third-order valence-corrected chi connectivity index (χ3v) is 3.97. The van der Waals surface area contributed by atoms with Crippen molar-refractivity contribution in [3.05, 3.63) is 23.5 Å². The van der Waals surface area contributed by atoms with Crippen LogP contribution in [-0.4, -0.2) is 11.1 Å². The zero-order chi connectivity index (χ0) is 13.5. The molecule has 3 nitrogen and oxygen atoms in total. The van der Waals surface area contributed by atoms with Gasteiger partial charge in [-0.25, -0.2) is 0 Å². The fourth-order valence-corrected chi connectivity index (χ4v) is 3.00. The van der Waals surface area contributed by atoms with Crippen molar-refractivity contribution in [2.75, 3.05) is 6.54 Å². The van der Waals surface area contributed by atoms with Crippen molar-refractivity contribution in [2.24, 2.45) is 0 Å². The second-order valence-corrected chi connectivity index (χ2v) is 5.45. The minimum atomic E-state index is 0.544. The Labute approximate surface area is 116 Å². The number of aryl methyl sites for hydroxylation is 2. The number of nitriles is 1. The van der Waals surface area contributed by atoms with Gasteiger partial charge in [0.05, 0.1) is 6.07 Å². The van der Waals surface area contributed by atoms with Crippen molar-refractivity contribution in [3.63, 3.8) is 0 Å². The molecule has 0 radical (unpaired) electrons. The van der Waals surface area contributed by atoms with Crippen LogP contribution < -0.4 is 5.32 Å². The largest absolute Gasteiger partial charge is 0.354 e. The summed E-state index contributed by atoms with van der Waals surface area (Å²) < 4.78 is 2.33. The lowest BCUT2D eigenvalue weighted by Crippen LogP contribution is -2.20. The molecule has 1 unspecified atom stereocenters. The van der Waals surface area contributed by atoms with E-state index in [0.717, 1.165) is 25.9 Å². The van der Waals surface area contributed by atoms with Gasteiger partial charge in [-0.3, -0.25) is 0 Å². The van der Waals surface area contributed by atoms with Gasteiger partial charge in [-0.1, -0.05) is 13.3 Å². The second kappa shape index (κ2) is 7.35. The molecule has 1 N–H and O–H groups in total. The van der Waals surface area contributed by atoms with Crippen LogP contribution in [0.15, 0.2) is 12.4 Å². The summed E-state index contributed by atoms with van der Waals surface area (Å²) in [7, 11) is 0. The van der Waals surface area contributed by atoms with E-state index in [1.54, 1.807) is 0 Å². The summed E-state index contributed by atoms with van der Waals surface area (Å²) in [5.41, 5.74) is 3.04. The molecule has 0 aromatic carbocycles. The Morgan fingerprint density at radius 1 is 1.37 bits per heavy atom. The van der Waals surface area contributed by atoms with E-state index in [4.69, 9.17) is 5.26 Å². The zero-order valence-electron chi connectivity index (χ0n) is 12.0. The first kappa shape index (κ1) is 14.1. The summed E-state index contributed by atoms with van der Waals surface area (Å²) in [5, 5.41) is 12.2. The van der Waals surface area contributed by atoms with Crippen LogP contribution in [0.4, 0.5) is 0 Å². The quantitative estimate of drug-likeness (QED) is 0.627. The molecular formula is C16H25N3. The van der Waals surface area contributed by atoms with Crippen molar-refractivity contribution in [1.82, 2.24) is 9.88 Å². The monoisotopic (exact) mass is 259 g/mol. The first-order valence-corrected chi connectivity index (χ1v) is 7.64. The highest BCUT2D eigenvalue weighted by Gasteiger charge is 2.19. The molecule has 1 heterocycles. The Morgan fingerprint density at radius 3 is 3.05 bits per heavy atom. The maximum absolute atomic E-state index is 8.56. The lowest BCUT2D eigenvalue weighted by Gasteiger charge is -2.15. The van der Waals surface area contributed by atoms with Gasteiger partial charge in [-0.2, -0.15) is 5.26 Å². The van der Waals surface area contributed by atoms with E-state index < -0.39 is 0 Å². The number of hydrogen-bond donors (Lipinski definition) is 1. The summed E-state index contributed by atoms with van der Waals surface area (Å²) in [5.74, 6) is 0. The smallest absolute Gasteiger partial charge is 0.0621 e. The van der Waals surface area contributed by atoms with Gasteiger partial charge in [0.1, 0.15) is 0 Å². The van der Waals surface area contributed by atoms with Crippen LogP contribution in [0.3, 0.4) is 0 Å². The molecule has 0 fully saturated rings. The lowest BCUT2D eigenvalue weighted by molar-refractivity contribution is 0.500. The third kappa shape index (κ3) is 3.84. The first-order valence-electron chi connectivity index (χ1n) is 7.64. The number of nitrogens with one attached hydrogen (secondary N) is 1. The molecule has 2 rings (SSSR count). The van der Waals surface area contributed by atoms with Crippen LogP contribution in [0.25, 0.3) is 0 Å². The van der Waals surface area contributed by atoms with Crippen molar-refractivity contribution in [3.8, 4) is 6.07 Å². The lowest BCUT2D eigenvalue weighted by atomic mass is 10.0. The highest BCUT2D eigenvalue weighted by atomic mass is 15.0. The SMILES string of the molecule is CCNC1CCCCc2cn(CCCCC#N)cc21. The van der Waals surface area contributed by atoms with Crippen LogP contribution in [0, 0.1) is 11.3 Å². The molecule has 1 aromatic heterocycles. The van der Waals surface area contributed by atoms with Crippen molar-refractivity contribution in [2.45, 2.75) is 64.5 Å². The molecule has 19 heavy (non-hydrogen) atoms. The predicted octanol–water partition coefficient (Wildman–Crippen LogP) is 3.56. The van der Waals surface area contributed by atoms with Gasteiger partial charge < -0.3 is 9.88 Å². The molecule has 1 aliphatic carbocycles. The summed E-state index contributed by atoms with van der Waals surface area (Å²) in [6.45, 7) is 4.27. The number of aromatic nitrogens is 1. The molecule has 0 amide bonds. The predicted molar refractivity (Wildman–Crippen MR) is 77.9 cm³/mol. The van der Waals surface area contributed by atoms with Crippen LogP contribution in [0.5, 0.6) is 0 Å². The molecule has 1 atom stereocenters. The molecule has 3 heteroatoms. The Hall–Kier alpha value is -1.27. The highest BCUT2D eigenvalue weighted by Crippen LogP contribution is 2.29. The van der Waals surface area contributed by atoms with E-state index in [1.807, 2.05) is 0 Å². The molecule has 0 bridgehead atoms. The van der Waals surface area contributed by atoms with Gasteiger partial charge in [0.25, 0.3) is 0 Å². The van der Waals surface area contributed by atoms with Crippen LogP contribution in [0.2, 0.25) is 0 Å². The minimum Gasteiger partial charge on any atom is -0.354 e. The van der Waals surface area contributed by atoms with E-state index in [1.165, 1.54) is 36.8 Å². The minimum absolute atomic E-state index is 0.544. The van der Waals surface area contributed by atoms with Crippen molar-refractivity contribution < 1.29 is 0 Å². The number of hydrogen-bond acceptors (Lipinski definition) is 2. The second-order valence-electron chi connectivity index (χ2n) is 5.45. The number of rotatable bonds is 6. The van der Waals surface area contributed by atoms with Gasteiger partial charge in [0.15, 0.2) is 0 Å². The molecule has 1 aromatic rings. The molecule has 1 aliphatic rings. The molecule has 0 saturated heterocycles. The molecule has 0 spiro atoms. The average molecular weight is 259 g/mol. The van der Waals surface area contributed by atoms with Crippen LogP contribution >= 0.6 is 0 Å². The Morgan fingerprint density at radius 2 is 2.26 bits per heavy atom. The normalized spacial score (nSPS) is 18.6. The van der Waals surface area contributed by atoms with E-state index in [9.17, 15) is 0 Å². The summed E-state index contributed by atoms with van der Waals surface area (Å²) in [6.07, 6.45) is 12.6. The molecule has 0 aliphatic heterocycles. The van der Waals surface area contributed by atoms with Crippen molar-refractivity contribution >= 4 is 0 Å². The molecular weight excluding hydrogens is 234 g/mol. The van der Waals surface area contributed by atoms with E-state index in [2.05, 4.69) is 35.3 Å². The zero-order valence-corrected chi connectivity index (χ0v) is 12.0. The third-order valence-electron chi connectivity index (χ3n) is 3.97. The number of unbranched alkanes of at least 4 members (excludes halogenated alkanes) is 2. The standard InChI is InChI=1S/C16H25N3/c1-2-18-16-9-5-4-8-14-12-19(13-15(14)16)11-7-3-6-10-17/h12-13,16,18H,2-9,11H2,1H3. The number of nitrogens with zero attached hydrogens (tertiary/aromatic N) is 2. The average Bonchev–Trinajstić information content (AvgIpc) is 2.73. The maximum Gasteiger partial charge on any atom is 0.0621 e. The number of fused-ring (bicyclic) bond motifs is 1. The Bertz CT molecular complexity index is 428.